The first-order chi connectivity index (χ1) is 8.58. The molecule has 0 aliphatic heterocycles. The van der Waals surface area contributed by atoms with E-state index in [1.807, 2.05) is 26.0 Å². The van der Waals surface area contributed by atoms with Gasteiger partial charge in [-0.3, -0.25) is 4.79 Å². The van der Waals surface area contributed by atoms with E-state index < -0.39 is 6.04 Å². The average molecular weight is 248 g/mol. The highest BCUT2D eigenvalue weighted by Gasteiger charge is 2.18. The Morgan fingerprint density at radius 1 is 1.22 bits per heavy atom. The van der Waals surface area contributed by atoms with Crippen molar-refractivity contribution in [3.63, 3.8) is 0 Å². The molecule has 3 nitrogen and oxygen atoms in total. The lowest BCUT2D eigenvalue weighted by Gasteiger charge is -2.17. The summed E-state index contributed by atoms with van der Waals surface area (Å²) in [4.78, 5) is 11.8. The summed E-state index contributed by atoms with van der Waals surface area (Å²) in [7, 11) is 0. The van der Waals surface area contributed by atoms with Crippen LogP contribution in [0.2, 0.25) is 0 Å². The van der Waals surface area contributed by atoms with Gasteiger partial charge in [-0.15, -0.1) is 0 Å². The van der Waals surface area contributed by atoms with Crippen LogP contribution in [0.4, 0.5) is 0 Å². The van der Waals surface area contributed by atoms with Gasteiger partial charge in [0.2, 0.25) is 5.91 Å². The van der Waals surface area contributed by atoms with Gasteiger partial charge >= 0.3 is 0 Å². The molecule has 0 saturated carbocycles. The third-order valence-corrected chi connectivity index (χ3v) is 3.46. The molecule has 2 unspecified atom stereocenters. The van der Waals surface area contributed by atoms with Gasteiger partial charge in [0.05, 0.1) is 6.04 Å². The van der Waals surface area contributed by atoms with E-state index >= 15 is 0 Å². The Labute approximate surface area is 110 Å². The van der Waals surface area contributed by atoms with Crippen LogP contribution in [0, 0.1) is 5.92 Å². The van der Waals surface area contributed by atoms with Gasteiger partial charge in [-0.1, -0.05) is 51.5 Å². The fraction of sp³-hybridized carbons (Fsp3) is 0.533. The van der Waals surface area contributed by atoms with Crippen molar-refractivity contribution in [2.24, 2.45) is 11.7 Å². The zero-order chi connectivity index (χ0) is 13.5. The normalized spacial score (nSPS) is 14.0. The molecule has 0 aliphatic rings. The van der Waals surface area contributed by atoms with E-state index in [4.69, 9.17) is 5.73 Å². The van der Waals surface area contributed by atoms with Crippen molar-refractivity contribution in [1.82, 2.24) is 5.32 Å². The number of nitrogens with two attached hydrogens (primary N) is 1. The van der Waals surface area contributed by atoms with Crippen LogP contribution >= 0.6 is 0 Å². The van der Waals surface area contributed by atoms with Gasteiger partial charge in [0.15, 0.2) is 0 Å². The summed E-state index contributed by atoms with van der Waals surface area (Å²) in [5.41, 5.74) is 8.28. The molecule has 0 heterocycles. The van der Waals surface area contributed by atoms with Crippen LogP contribution in [0.5, 0.6) is 0 Å². The number of carbonyl (C=O) groups is 1. The number of benzene rings is 1. The standard InChI is InChI=1S/C15H24N2O/c1-4-11(3)14(16)15(18)17-10-13-8-6-12(5-2)7-9-13/h6-9,11,14H,4-5,10,16H2,1-3H3,(H,17,18). The Kier molecular flexibility index (Phi) is 5.86. The average Bonchev–Trinajstić information content (AvgIpc) is 2.43. The molecule has 3 N–H and O–H groups in total. The summed E-state index contributed by atoms with van der Waals surface area (Å²) in [6, 6.07) is 7.87. The highest BCUT2D eigenvalue weighted by Crippen LogP contribution is 2.07. The van der Waals surface area contributed by atoms with Crippen molar-refractivity contribution in [3.05, 3.63) is 35.4 Å². The molecule has 0 bridgehead atoms. The second-order valence-electron chi connectivity index (χ2n) is 4.80. The van der Waals surface area contributed by atoms with Crippen molar-refractivity contribution < 1.29 is 4.79 Å². The molecule has 2 atom stereocenters. The third kappa shape index (κ3) is 4.15. The zero-order valence-electron chi connectivity index (χ0n) is 11.6. The SMILES string of the molecule is CCc1ccc(CNC(=O)C(N)C(C)CC)cc1. The van der Waals surface area contributed by atoms with E-state index in [0.29, 0.717) is 6.54 Å². The fourth-order valence-electron chi connectivity index (χ4n) is 1.71. The molecule has 0 radical (unpaired) electrons. The van der Waals surface area contributed by atoms with E-state index in [1.54, 1.807) is 0 Å². The molecule has 1 aromatic carbocycles. The van der Waals surface area contributed by atoms with E-state index in [2.05, 4.69) is 24.4 Å². The summed E-state index contributed by atoms with van der Waals surface area (Å²) >= 11 is 0. The van der Waals surface area contributed by atoms with Crippen LogP contribution in [-0.4, -0.2) is 11.9 Å². The van der Waals surface area contributed by atoms with Crippen LogP contribution in [-0.2, 0) is 17.8 Å². The molecule has 1 amide bonds. The quantitative estimate of drug-likeness (QED) is 0.811. The summed E-state index contributed by atoms with van der Waals surface area (Å²) in [5.74, 6) is 0.149. The molecule has 0 saturated heterocycles. The first-order valence-corrected chi connectivity index (χ1v) is 6.69. The van der Waals surface area contributed by atoms with Gasteiger partial charge in [0.25, 0.3) is 0 Å². The molecular formula is C15H24N2O. The van der Waals surface area contributed by atoms with Crippen molar-refractivity contribution in [2.45, 2.75) is 46.2 Å². The number of hydrogen-bond acceptors (Lipinski definition) is 2. The van der Waals surface area contributed by atoms with Gasteiger partial charge in [-0.2, -0.15) is 0 Å². The molecule has 0 aliphatic carbocycles. The van der Waals surface area contributed by atoms with Crippen LogP contribution in [0.3, 0.4) is 0 Å². The maximum absolute atomic E-state index is 11.8. The van der Waals surface area contributed by atoms with E-state index in [1.165, 1.54) is 5.56 Å². The predicted octanol–water partition coefficient (Wildman–Crippen LogP) is 2.24. The van der Waals surface area contributed by atoms with Crippen LogP contribution in [0.25, 0.3) is 0 Å². The second kappa shape index (κ2) is 7.17. The molecule has 0 spiro atoms. The van der Waals surface area contributed by atoms with Crippen molar-refractivity contribution in [3.8, 4) is 0 Å². The van der Waals surface area contributed by atoms with E-state index in [0.717, 1.165) is 18.4 Å². The molecular weight excluding hydrogens is 224 g/mol. The number of aryl methyl sites for hydroxylation is 1. The molecule has 1 rings (SSSR count). The molecule has 0 aromatic heterocycles. The predicted molar refractivity (Wildman–Crippen MR) is 75.1 cm³/mol. The Morgan fingerprint density at radius 3 is 2.28 bits per heavy atom. The minimum atomic E-state index is -0.412. The Bertz CT molecular complexity index is 373. The highest BCUT2D eigenvalue weighted by atomic mass is 16.2. The number of amides is 1. The molecule has 1 aromatic rings. The molecule has 0 fully saturated rings. The summed E-state index contributed by atoms with van der Waals surface area (Å²) in [5, 5.41) is 2.89. The topological polar surface area (TPSA) is 55.1 Å². The summed E-state index contributed by atoms with van der Waals surface area (Å²) in [6.45, 7) is 6.72. The third-order valence-electron chi connectivity index (χ3n) is 3.46. The lowest BCUT2D eigenvalue weighted by Crippen LogP contribution is -2.44. The second-order valence-corrected chi connectivity index (χ2v) is 4.80. The first-order valence-electron chi connectivity index (χ1n) is 6.69. The molecule has 3 heteroatoms. The smallest absolute Gasteiger partial charge is 0.237 e. The largest absolute Gasteiger partial charge is 0.351 e. The molecule has 100 valence electrons. The van der Waals surface area contributed by atoms with Gasteiger partial charge in [0, 0.05) is 6.54 Å². The fourth-order valence-corrected chi connectivity index (χ4v) is 1.71. The van der Waals surface area contributed by atoms with Crippen molar-refractivity contribution in [2.75, 3.05) is 0 Å². The minimum absolute atomic E-state index is 0.0658. The van der Waals surface area contributed by atoms with Gasteiger partial charge in [-0.05, 0) is 23.5 Å². The Hall–Kier alpha value is -1.35. The van der Waals surface area contributed by atoms with Gasteiger partial charge in [-0.25, -0.2) is 0 Å². The van der Waals surface area contributed by atoms with E-state index in [9.17, 15) is 4.79 Å². The number of nitrogens with one attached hydrogen (secondary N) is 1. The van der Waals surface area contributed by atoms with Crippen molar-refractivity contribution >= 4 is 5.91 Å². The van der Waals surface area contributed by atoms with Crippen LogP contribution < -0.4 is 11.1 Å². The number of hydrogen-bond donors (Lipinski definition) is 2. The summed E-state index contributed by atoms with van der Waals surface area (Å²) < 4.78 is 0. The number of carbonyl (C=O) groups excluding carboxylic acids is 1. The zero-order valence-corrected chi connectivity index (χ0v) is 11.6. The highest BCUT2D eigenvalue weighted by molar-refractivity contribution is 5.81. The van der Waals surface area contributed by atoms with Gasteiger partial charge in [0.1, 0.15) is 0 Å². The number of rotatable bonds is 6. The monoisotopic (exact) mass is 248 g/mol. The van der Waals surface area contributed by atoms with Crippen molar-refractivity contribution in [1.29, 1.82) is 0 Å². The van der Waals surface area contributed by atoms with Crippen LogP contribution in [0.1, 0.15) is 38.3 Å². The summed E-state index contributed by atoms with van der Waals surface area (Å²) in [6.07, 6.45) is 1.95. The maximum atomic E-state index is 11.8. The Morgan fingerprint density at radius 2 is 1.78 bits per heavy atom. The molecule has 18 heavy (non-hydrogen) atoms. The lowest BCUT2D eigenvalue weighted by atomic mass is 9.99. The Balaban J connectivity index is 2.46. The first kappa shape index (κ1) is 14.7. The van der Waals surface area contributed by atoms with Gasteiger partial charge < -0.3 is 11.1 Å². The maximum Gasteiger partial charge on any atom is 0.237 e. The lowest BCUT2D eigenvalue weighted by molar-refractivity contribution is -0.123. The van der Waals surface area contributed by atoms with Crippen LogP contribution in [0.15, 0.2) is 24.3 Å². The van der Waals surface area contributed by atoms with E-state index in [-0.39, 0.29) is 11.8 Å². The minimum Gasteiger partial charge on any atom is -0.351 e.